The van der Waals surface area contributed by atoms with E-state index >= 15 is 0 Å². The van der Waals surface area contributed by atoms with E-state index < -0.39 is 0 Å². The van der Waals surface area contributed by atoms with Crippen LogP contribution in [-0.2, 0) is 0 Å². The first kappa shape index (κ1) is 12.4. The molecule has 0 saturated heterocycles. The number of phenols is 1. The lowest BCUT2D eigenvalue weighted by Gasteiger charge is -2.07. The second kappa shape index (κ2) is 4.78. The summed E-state index contributed by atoms with van der Waals surface area (Å²) in [5.41, 5.74) is 0.909. The van der Waals surface area contributed by atoms with Crippen molar-refractivity contribution in [1.29, 1.82) is 0 Å². The van der Waals surface area contributed by atoms with Gasteiger partial charge in [-0.15, -0.1) is 0 Å². The van der Waals surface area contributed by atoms with Crippen LogP contribution >= 0.6 is 0 Å². The maximum Gasteiger partial charge on any atom is 0.193 e. The zero-order valence-corrected chi connectivity index (χ0v) is 10.5. The van der Waals surface area contributed by atoms with Gasteiger partial charge in [-0.05, 0) is 35.7 Å². The second-order valence-corrected chi connectivity index (χ2v) is 4.51. The van der Waals surface area contributed by atoms with Crippen molar-refractivity contribution in [3.8, 4) is 5.75 Å². The SMILES string of the molecule is O=C(c1ccc(F)cc1)c1cccc2c(O)cccc12. The molecule has 98 valence electrons. The molecular weight excluding hydrogens is 255 g/mol. The lowest BCUT2D eigenvalue weighted by atomic mass is 9.97. The van der Waals surface area contributed by atoms with E-state index in [0.717, 1.165) is 0 Å². The average molecular weight is 266 g/mol. The van der Waals surface area contributed by atoms with Gasteiger partial charge in [0.15, 0.2) is 5.78 Å². The Morgan fingerprint density at radius 3 is 2.25 bits per heavy atom. The number of hydrogen-bond acceptors (Lipinski definition) is 2. The molecule has 0 fully saturated rings. The van der Waals surface area contributed by atoms with Crippen LogP contribution in [0.2, 0.25) is 0 Å². The number of fused-ring (bicyclic) bond motifs is 1. The van der Waals surface area contributed by atoms with Gasteiger partial charge in [0.2, 0.25) is 0 Å². The third-order valence-corrected chi connectivity index (χ3v) is 3.25. The Labute approximate surface area is 115 Å². The fourth-order valence-corrected chi connectivity index (χ4v) is 2.25. The molecule has 1 N–H and O–H groups in total. The maximum atomic E-state index is 12.9. The molecule has 0 heterocycles. The number of halogens is 1. The Kier molecular flexibility index (Phi) is 2.95. The topological polar surface area (TPSA) is 37.3 Å². The van der Waals surface area contributed by atoms with Crippen molar-refractivity contribution in [3.05, 3.63) is 77.6 Å². The normalized spacial score (nSPS) is 10.7. The first-order chi connectivity index (χ1) is 9.66. The number of phenolic OH excluding ortho intramolecular Hbond substituents is 1. The summed E-state index contributed by atoms with van der Waals surface area (Å²) in [5, 5.41) is 11.1. The van der Waals surface area contributed by atoms with Crippen LogP contribution in [0.25, 0.3) is 10.8 Å². The molecule has 3 heteroatoms. The summed E-state index contributed by atoms with van der Waals surface area (Å²) < 4.78 is 12.9. The van der Waals surface area contributed by atoms with Gasteiger partial charge in [0, 0.05) is 16.5 Å². The monoisotopic (exact) mass is 266 g/mol. The van der Waals surface area contributed by atoms with Crippen molar-refractivity contribution < 1.29 is 14.3 Å². The average Bonchev–Trinajstić information content (AvgIpc) is 2.47. The number of ketones is 1. The molecular formula is C17H11FO2. The molecule has 0 aliphatic rings. The summed E-state index contributed by atoms with van der Waals surface area (Å²) >= 11 is 0. The van der Waals surface area contributed by atoms with Gasteiger partial charge in [-0.25, -0.2) is 4.39 Å². The number of hydrogen-bond donors (Lipinski definition) is 1. The van der Waals surface area contributed by atoms with Crippen LogP contribution in [0.5, 0.6) is 5.75 Å². The van der Waals surface area contributed by atoms with Gasteiger partial charge in [0.1, 0.15) is 11.6 Å². The van der Waals surface area contributed by atoms with Gasteiger partial charge < -0.3 is 5.11 Å². The highest BCUT2D eigenvalue weighted by Crippen LogP contribution is 2.28. The van der Waals surface area contributed by atoms with Gasteiger partial charge in [0.05, 0.1) is 0 Å². The molecule has 0 saturated carbocycles. The minimum Gasteiger partial charge on any atom is -0.507 e. The van der Waals surface area contributed by atoms with Gasteiger partial charge in [0.25, 0.3) is 0 Å². The van der Waals surface area contributed by atoms with Crippen molar-refractivity contribution in [3.63, 3.8) is 0 Å². The van der Waals surface area contributed by atoms with E-state index in [4.69, 9.17) is 0 Å². The van der Waals surface area contributed by atoms with E-state index in [1.54, 1.807) is 36.4 Å². The van der Waals surface area contributed by atoms with Crippen LogP contribution in [0, 0.1) is 5.82 Å². The Bertz CT molecular complexity index is 792. The summed E-state index contributed by atoms with van der Waals surface area (Å²) in [6, 6.07) is 15.7. The standard InChI is InChI=1S/C17H11FO2/c18-12-9-7-11(8-10-12)17(20)15-5-1-4-14-13(15)3-2-6-16(14)19/h1-10,19H. The number of benzene rings is 3. The zero-order chi connectivity index (χ0) is 14.1. The maximum absolute atomic E-state index is 12.9. The molecule has 3 aromatic rings. The highest BCUT2D eigenvalue weighted by Gasteiger charge is 2.13. The number of rotatable bonds is 2. The largest absolute Gasteiger partial charge is 0.507 e. The van der Waals surface area contributed by atoms with E-state index in [1.807, 2.05) is 0 Å². The van der Waals surface area contributed by atoms with Crippen LogP contribution < -0.4 is 0 Å². The highest BCUT2D eigenvalue weighted by molar-refractivity contribution is 6.16. The molecule has 3 aromatic carbocycles. The summed E-state index contributed by atoms with van der Waals surface area (Å²) in [4.78, 5) is 12.5. The molecule has 0 spiro atoms. The van der Waals surface area contributed by atoms with Crippen LogP contribution in [-0.4, -0.2) is 10.9 Å². The van der Waals surface area contributed by atoms with Crippen molar-refractivity contribution >= 4 is 16.6 Å². The van der Waals surface area contributed by atoms with Crippen LogP contribution in [0.15, 0.2) is 60.7 Å². The molecule has 0 bridgehead atoms. The molecule has 2 nitrogen and oxygen atoms in total. The summed E-state index contributed by atoms with van der Waals surface area (Å²) in [7, 11) is 0. The fraction of sp³-hybridized carbons (Fsp3) is 0. The number of aromatic hydroxyl groups is 1. The predicted molar refractivity (Wildman–Crippen MR) is 75.4 cm³/mol. The fourth-order valence-electron chi connectivity index (χ4n) is 2.25. The third kappa shape index (κ3) is 2.03. The van der Waals surface area contributed by atoms with E-state index in [2.05, 4.69) is 0 Å². The minimum atomic E-state index is -0.378. The summed E-state index contributed by atoms with van der Waals surface area (Å²) in [5.74, 6) is -0.436. The van der Waals surface area contributed by atoms with E-state index in [0.29, 0.717) is 21.9 Å². The Balaban J connectivity index is 2.17. The van der Waals surface area contributed by atoms with E-state index in [9.17, 15) is 14.3 Å². The highest BCUT2D eigenvalue weighted by atomic mass is 19.1. The Hall–Kier alpha value is -2.68. The van der Waals surface area contributed by atoms with Crippen LogP contribution in [0.1, 0.15) is 15.9 Å². The lowest BCUT2D eigenvalue weighted by molar-refractivity contribution is 0.104. The van der Waals surface area contributed by atoms with E-state index in [1.165, 1.54) is 24.3 Å². The lowest BCUT2D eigenvalue weighted by Crippen LogP contribution is -2.02. The summed E-state index contributed by atoms with van der Waals surface area (Å²) in [6.07, 6.45) is 0. The van der Waals surface area contributed by atoms with Crippen molar-refractivity contribution in [2.24, 2.45) is 0 Å². The Morgan fingerprint density at radius 2 is 1.50 bits per heavy atom. The minimum absolute atomic E-state index is 0.135. The van der Waals surface area contributed by atoms with Crippen molar-refractivity contribution in [2.45, 2.75) is 0 Å². The molecule has 20 heavy (non-hydrogen) atoms. The molecule has 0 aliphatic heterocycles. The zero-order valence-electron chi connectivity index (χ0n) is 10.5. The Morgan fingerprint density at radius 1 is 0.850 bits per heavy atom. The molecule has 0 radical (unpaired) electrons. The molecule has 3 rings (SSSR count). The first-order valence-corrected chi connectivity index (χ1v) is 6.18. The predicted octanol–water partition coefficient (Wildman–Crippen LogP) is 3.92. The molecule has 0 amide bonds. The van der Waals surface area contributed by atoms with Crippen molar-refractivity contribution in [2.75, 3.05) is 0 Å². The van der Waals surface area contributed by atoms with Crippen LogP contribution in [0.3, 0.4) is 0 Å². The molecule has 0 unspecified atom stereocenters. The van der Waals surface area contributed by atoms with Gasteiger partial charge in [-0.3, -0.25) is 4.79 Å². The molecule has 0 atom stereocenters. The quantitative estimate of drug-likeness (QED) is 0.714. The first-order valence-electron chi connectivity index (χ1n) is 6.18. The molecule has 0 aromatic heterocycles. The third-order valence-electron chi connectivity index (χ3n) is 3.25. The number of carbonyl (C=O) groups is 1. The second-order valence-electron chi connectivity index (χ2n) is 4.51. The smallest absolute Gasteiger partial charge is 0.193 e. The van der Waals surface area contributed by atoms with Gasteiger partial charge in [-0.2, -0.15) is 0 Å². The molecule has 0 aliphatic carbocycles. The number of carbonyl (C=O) groups excluding carboxylic acids is 1. The van der Waals surface area contributed by atoms with Gasteiger partial charge >= 0.3 is 0 Å². The van der Waals surface area contributed by atoms with Crippen LogP contribution in [0.4, 0.5) is 4.39 Å². The van der Waals surface area contributed by atoms with E-state index in [-0.39, 0.29) is 17.3 Å². The van der Waals surface area contributed by atoms with Crippen molar-refractivity contribution in [1.82, 2.24) is 0 Å². The summed E-state index contributed by atoms with van der Waals surface area (Å²) in [6.45, 7) is 0. The van der Waals surface area contributed by atoms with Gasteiger partial charge in [-0.1, -0.05) is 30.3 Å².